The Morgan fingerprint density at radius 2 is 1.92 bits per heavy atom. The molecule has 0 spiro atoms. The number of aromatic nitrogens is 1. The van der Waals surface area contributed by atoms with E-state index >= 15 is 0 Å². The van der Waals surface area contributed by atoms with Gasteiger partial charge in [-0.1, -0.05) is 29.8 Å². The van der Waals surface area contributed by atoms with Gasteiger partial charge in [0.25, 0.3) is 5.91 Å². The number of aryl methyl sites for hydroxylation is 2. The summed E-state index contributed by atoms with van der Waals surface area (Å²) < 4.78 is 1.82. The van der Waals surface area contributed by atoms with Crippen LogP contribution in [0.4, 0.5) is 0 Å². The van der Waals surface area contributed by atoms with E-state index in [0.29, 0.717) is 22.8 Å². The first-order valence-corrected chi connectivity index (χ1v) is 8.17. The van der Waals surface area contributed by atoms with Crippen molar-refractivity contribution in [3.05, 3.63) is 69.9 Å². The van der Waals surface area contributed by atoms with E-state index in [1.165, 1.54) is 0 Å². The monoisotopic (exact) mass is 355 g/mol. The second-order valence-corrected chi connectivity index (χ2v) is 6.42. The second-order valence-electron chi connectivity index (χ2n) is 5.99. The summed E-state index contributed by atoms with van der Waals surface area (Å²) in [6.45, 7) is 2.18. The Morgan fingerprint density at radius 1 is 1.16 bits per heavy atom. The first kappa shape index (κ1) is 17.0. The Balaban J connectivity index is 1.78. The number of halogens is 1. The van der Waals surface area contributed by atoms with Crippen LogP contribution in [-0.2, 0) is 13.6 Å². The van der Waals surface area contributed by atoms with Crippen molar-refractivity contribution in [3.63, 3.8) is 0 Å². The summed E-state index contributed by atoms with van der Waals surface area (Å²) in [5.74, 6) is -0.631. The lowest BCUT2D eigenvalue weighted by Crippen LogP contribution is -2.25. The average Bonchev–Trinajstić information content (AvgIpc) is 2.89. The summed E-state index contributed by atoms with van der Waals surface area (Å²) in [6, 6.07) is 12.7. The van der Waals surface area contributed by atoms with E-state index < -0.39 is 5.91 Å². The molecule has 0 saturated heterocycles. The number of benzene rings is 2. The standard InChI is InChI=1S/C19H18ClN3O2/c1-11-7-12(3-6-15(11)18(21)24)10-22-19(25)17-8-13-4-5-14(20)9-16(13)23(17)2/h3-9H,10H2,1-2H3,(H2,21,24)(H,22,25). The number of hydrogen-bond acceptors (Lipinski definition) is 2. The summed E-state index contributed by atoms with van der Waals surface area (Å²) in [7, 11) is 1.83. The van der Waals surface area contributed by atoms with Crippen molar-refractivity contribution in [2.24, 2.45) is 12.8 Å². The third-order valence-electron chi connectivity index (χ3n) is 4.25. The summed E-state index contributed by atoms with van der Waals surface area (Å²) >= 11 is 6.02. The second kappa shape index (κ2) is 6.61. The number of carbonyl (C=O) groups is 2. The maximum atomic E-state index is 12.5. The Kier molecular flexibility index (Phi) is 4.51. The number of fused-ring (bicyclic) bond motifs is 1. The molecule has 0 bridgehead atoms. The predicted octanol–water partition coefficient (Wildman–Crippen LogP) is 3.17. The number of nitrogens with one attached hydrogen (secondary N) is 1. The normalized spacial score (nSPS) is 10.8. The molecule has 0 aliphatic heterocycles. The third-order valence-corrected chi connectivity index (χ3v) is 4.48. The molecule has 25 heavy (non-hydrogen) atoms. The molecule has 0 saturated carbocycles. The van der Waals surface area contributed by atoms with Crippen LogP contribution in [-0.4, -0.2) is 16.4 Å². The quantitative estimate of drug-likeness (QED) is 0.754. The van der Waals surface area contributed by atoms with Crippen molar-refractivity contribution < 1.29 is 9.59 Å². The molecule has 2 amide bonds. The molecule has 1 heterocycles. The van der Waals surface area contributed by atoms with Crippen molar-refractivity contribution in [1.82, 2.24) is 9.88 Å². The number of carbonyl (C=O) groups excluding carboxylic acids is 2. The highest BCUT2D eigenvalue weighted by Gasteiger charge is 2.14. The van der Waals surface area contributed by atoms with Crippen LogP contribution in [0.5, 0.6) is 0 Å². The van der Waals surface area contributed by atoms with Crippen molar-refractivity contribution in [2.45, 2.75) is 13.5 Å². The maximum absolute atomic E-state index is 12.5. The van der Waals surface area contributed by atoms with Crippen LogP contribution in [0.25, 0.3) is 10.9 Å². The van der Waals surface area contributed by atoms with Crippen LogP contribution < -0.4 is 11.1 Å². The fourth-order valence-electron chi connectivity index (χ4n) is 2.91. The predicted molar refractivity (Wildman–Crippen MR) is 98.8 cm³/mol. The molecule has 3 aromatic rings. The molecular formula is C19H18ClN3O2. The van der Waals surface area contributed by atoms with Gasteiger partial charge in [0.1, 0.15) is 5.69 Å². The van der Waals surface area contributed by atoms with E-state index in [1.54, 1.807) is 18.2 Å². The van der Waals surface area contributed by atoms with Crippen LogP contribution in [0.1, 0.15) is 32.0 Å². The lowest BCUT2D eigenvalue weighted by molar-refractivity contribution is 0.0941. The number of hydrogen-bond donors (Lipinski definition) is 2. The van der Waals surface area contributed by atoms with Crippen LogP contribution >= 0.6 is 11.6 Å². The number of primary amides is 1. The molecule has 2 aromatic carbocycles. The SMILES string of the molecule is Cc1cc(CNC(=O)c2cc3ccc(Cl)cc3n2C)ccc1C(N)=O. The highest BCUT2D eigenvalue weighted by molar-refractivity contribution is 6.31. The number of rotatable bonds is 4. The molecule has 0 unspecified atom stereocenters. The fraction of sp³-hybridized carbons (Fsp3) is 0.158. The van der Waals surface area contributed by atoms with Gasteiger partial charge in [0.15, 0.2) is 0 Å². The van der Waals surface area contributed by atoms with E-state index in [-0.39, 0.29) is 5.91 Å². The van der Waals surface area contributed by atoms with E-state index in [0.717, 1.165) is 22.0 Å². The Morgan fingerprint density at radius 3 is 2.60 bits per heavy atom. The summed E-state index contributed by atoms with van der Waals surface area (Å²) in [5, 5.41) is 4.49. The molecule has 0 aliphatic carbocycles. The minimum absolute atomic E-state index is 0.175. The third kappa shape index (κ3) is 3.37. The molecule has 0 fully saturated rings. The first-order valence-electron chi connectivity index (χ1n) is 7.79. The molecular weight excluding hydrogens is 338 g/mol. The zero-order valence-corrected chi connectivity index (χ0v) is 14.7. The zero-order chi connectivity index (χ0) is 18.1. The van der Waals surface area contributed by atoms with Gasteiger partial charge < -0.3 is 15.6 Å². The minimum atomic E-state index is -0.456. The molecule has 0 aliphatic rings. The molecule has 128 valence electrons. The molecule has 5 nitrogen and oxygen atoms in total. The average molecular weight is 356 g/mol. The van der Waals surface area contributed by atoms with Gasteiger partial charge >= 0.3 is 0 Å². The van der Waals surface area contributed by atoms with Crippen LogP contribution in [0, 0.1) is 6.92 Å². The first-order chi connectivity index (χ1) is 11.9. The van der Waals surface area contributed by atoms with E-state index in [2.05, 4.69) is 5.32 Å². The Hall–Kier alpha value is -2.79. The van der Waals surface area contributed by atoms with Gasteiger partial charge in [-0.25, -0.2) is 0 Å². The molecule has 0 atom stereocenters. The van der Waals surface area contributed by atoms with Gasteiger partial charge in [-0.15, -0.1) is 0 Å². The van der Waals surface area contributed by atoms with Crippen LogP contribution in [0.2, 0.25) is 5.02 Å². The van der Waals surface area contributed by atoms with Gasteiger partial charge in [0.2, 0.25) is 5.91 Å². The number of nitrogens with zero attached hydrogens (tertiary/aromatic N) is 1. The lowest BCUT2D eigenvalue weighted by atomic mass is 10.0. The molecule has 0 radical (unpaired) electrons. The van der Waals surface area contributed by atoms with Gasteiger partial charge in [-0.05, 0) is 42.3 Å². The van der Waals surface area contributed by atoms with Gasteiger partial charge in [-0.3, -0.25) is 9.59 Å². The fourth-order valence-corrected chi connectivity index (χ4v) is 3.07. The topological polar surface area (TPSA) is 77.1 Å². The zero-order valence-electron chi connectivity index (χ0n) is 14.0. The van der Waals surface area contributed by atoms with Crippen molar-refractivity contribution >= 4 is 34.3 Å². The molecule has 3 rings (SSSR count). The van der Waals surface area contributed by atoms with E-state index in [9.17, 15) is 9.59 Å². The molecule has 1 aromatic heterocycles. The number of amides is 2. The molecule has 6 heteroatoms. The lowest BCUT2D eigenvalue weighted by Gasteiger charge is -2.09. The Labute approximate surface area is 150 Å². The van der Waals surface area contributed by atoms with Crippen molar-refractivity contribution in [2.75, 3.05) is 0 Å². The Bertz CT molecular complexity index is 992. The summed E-state index contributed by atoms with van der Waals surface area (Å²) in [4.78, 5) is 23.8. The van der Waals surface area contributed by atoms with Crippen LogP contribution in [0.15, 0.2) is 42.5 Å². The highest BCUT2D eigenvalue weighted by Crippen LogP contribution is 2.22. The van der Waals surface area contributed by atoms with Gasteiger partial charge in [0.05, 0.1) is 0 Å². The van der Waals surface area contributed by atoms with Crippen molar-refractivity contribution in [3.8, 4) is 0 Å². The number of nitrogens with two attached hydrogens (primary N) is 1. The smallest absolute Gasteiger partial charge is 0.268 e. The maximum Gasteiger partial charge on any atom is 0.268 e. The van der Waals surface area contributed by atoms with E-state index in [1.807, 2.05) is 42.8 Å². The minimum Gasteiger partial charge on any atom is -0.366 e. The largest absolute Gasteiger partial charge is 0.366 e. The highest BCUT2D eigenvalue weighted by atomic mass is 35.5. The summed E-state index contributed by atoms with van der Waals surface area (Å²) in [6.07, 6.45) is 0. The van der Waals surface area contributed by atoms with Gasteiger partial charge in [-0.2, -0.15) is 0 Å². The molecule has 3 N–H and O–H groups in total. The summed E-state index contributed by atoms with van der Waals surface area (Å²) in [5.41, 5.74) is 8.94. The van der Waals surface area contributed by atoms with Gasteiger partial charge in [0, 0.05) is 35.1 Å². The van der Waals surface area contributed by atoms with E-state index in [4.69, 9.17) is 17.3 Å². The van der Waals surface area contributed by atoms with Crippen LogP contribution in [0.3, 0.4) is 0 Å². The van der Waals surface area contributed by atoms with Crippen molar-refractivity contribution in [1.29, 1.82) is 0 Å².